The fourth-order valence-corrected chi connectivity index (χ4v) is 4.58. The molecule has 4 aromatic rings. The Morgan fingerprint density at radius 3 is 2.33 bits per heavy atom. The number of halogens is 3. The molecule has 4 rings (SSSR count). The van der Waals surface area contributed by atoms with Crippen molar-refractivity contribution in [3.05, 3.63) is 113 Å². The molecule has 5 nitrogen and oxygen atoms in total. The molecule has 0 radical (unpaired) electrons. The number of likely N-dealkylation sites (N-methyl/N-ethyl adjacent to an activating group) is 1. The van der Waals surface area contributed by atoms with Gasteiger partial charge in [-0.25, -0.2) is 0 Å². The Kier molecular flexibility index (Phi) is 9.79. The van der Waals surface area contributed by atoms with Gasteiger partial charge in [0.25, 0.3) is 5.91 Å². The average molecular weight is 550 g/mol. The summed E-state index contributed by atoms with van der Waals surface area (Å²) in [5.74, 6) is -0.444. The lowest BCUT2D eigenvalue weighted by atomic mass is 10.1. The summed E-state index contributed by atoms with van der Waals surface area (Å²) in [6.07, 6.45) is -3.64. The quantitative estimate of drug-likeness (QED) is 0.189. The zero-order valence-corrected chi connectivity index (χ0v) is 22.7. The summed E-state index contributed by atoms with van der Waals surface area (Å²) in [5, 5.41) is 2.64. The molecule has 3 aromatic carbocycles. The molecule has 1 aromatic heterocycles. The first-order valence-electron chi connectivity index (χ1n) is 13.3. The average Bonchev–Trinajstić information content (AvgIpc) is 3.28. The minimum atomic E-state index is -4.48. The number of hydrogen-bond donors (Lipinski definition) is 1. The van der Waals surface area contributed by atoms with E-state index in [2.05, 4.69) is 21.8 Å². The van der Waals surface area contributed by atoms with E-state index in [1.54, 1.807) is 0 Å². The summed E-state index contributed by atoms with van der Waals surface area (Å²) >= 11 is 0. The van der Waals surface area contributed by atoms with E-state index in [0.717, 1.165) is 54.2 Å². The van der Waals surface area contributed by atoms with Crippen molar-refractivity contribution >= 4 is 11.6 Å². The smallest absolute Gasteiger partial charge is 0.375 e. The number of carbonyl (C=O) groups excluding carboxylic acids is 1. The highest BCUT2D eigenvalue weighted by Crippen LogP contribution is 2.31. The molecule has 0 atom stereocenters. The van der Waals surface area contributed by atoms with Gasteiger partial charge in [0.1, 0.15) is 0 Å². The highest BCUT2D eigenvalue weighted by Gasteiger charge is 2.30. The van der Waals surface area contributed by atoms with E-state index in [-0.39, 0.29) is 5.69 Å². The van der Waals surface area contributed by atoms with Crippen molar-refractivity contribution in [1.29, 1.82) is 0 Å². The third kappa shape index (κ3) is 7.83. The molecule has 0 saturated heterocycles. The Morgan fingerprint density at radius 2 is 1.62 bits per heavy atom. The third-order valence-electron chi connectivity index (χ3n) is 6.78. The summed E-state index contributed by atoms with van der Waals surface area (Å²) in [6.45, 7) is 5.41. The van der Waals surface area contributed by atoms with Gasteiger partial charge in [-0.15, -0.1) is 0 Å². The zero-order chi connectivity index (χ0) is 28.5. The summed E-state index contributed by atoms with van der Waals surface area (Å²) < 4.78 is 47.3. The second-order valence-electron chi connectivity index (χ2n) is 9.77. The van der Waals surface area contributed by atoms with Gasteiger partial charge in [0, 0.05) is 30.2 Å². The maximum Gasteiger partial charge on any atom is 0.416 e. The molecular weight excluding hydrogens is 515 g/mol. The van der Waals surface area contributed by atoms with Crippen LogP contribution in [0.4, 0.5) is 18.9 Å². The van der Waals surface area contributed by atoms with Gasteiger partial charge >= 0.3 is 6.18 Å². The van der Waals surface area contributed by atoms with Crippen LogP contribution in [0.1, 0.15) is 33.6 Å². The number of amides is 1. The van der Waals surface area contributed by atoms with Crippen LogP contribution in [-0.4, -0.2) is 42.1 Å². The molecule has 0 saturated carbocycles. The third-order valence-corrected chi connectivity index (χ3v) is 6.78. The molecular formula is C32H34F3N3O2. The SMILES string of the molecule is Cc1c(C(=O)Nc2cccc(C(F)(F)F)c2)cc(-c2ccccc2)n1CCCN(C)CCOCc1ccccc1. The number of rotatable bonds is 12. The van der Waals surface area contributed by atoms with Crippen LogP contribution in [0.3, 0.4) is 0 Å². The monoisotopic (exact) mass is 549 g/mol. The highest BCUT2D eigenvalue weighted by atomic mass is 19.4. The molecule has 1 N–H and O–H groups in total. The fourth-order valence-electron chi connectivity index (χ4n) is 4.58. The van der Waals surface area contributed by atoms with Crippen LogP contribution in [0.25, 0.3) is 11.3 Å². The van der Waals surface area contributed by atoms with E-state index in [0.29, 0.717) is 25.3 Å². The Labute approximate surface area is 233 Å². The Bertz CT molecular complexity index is 1390. The normalized spacial score (nSPS) is 11.7. The molecule has 1 amide bonds. The van der Waals surface area contributed by atoms with Gasteiger partial charge in [0.05, 0.1) is 24.3 Å². The van der Waals surface area contributed by atoms with E-state index in [1.807, 2.05) is 73.7 Å². The Morgan fingerprint density at radius 1 is 0.925 bits per heavy atom. The van der Waals surface area contributed by atoms with Gasteiger partial charge in [0.2, 0.25) is 0 Å². The van der Waals surface area contributed by atoms with Crippen molar-refractivity contribution in [2.75, 3.05) is 32.1 Å². The Balaban J connectivity index is 1.41. The van der Waals surface area contributed by atoms with Crippen LogP contribution in [0, 0.1) is 6.92 Å². The number of nitrogens with one attached hydrogen (secondary N) is 1. The van der Waals surface area contributed by atoms with Crippen LogP contribution in [0.5, 0.6) is 0 Å². The van der Waals surface area contributed by atoms with E-state index in [9.17, 15) is 18.0 Å². The predicted octanol–water partition coefficient (Wildman–Crippen LogP) is 7.27. The number of nitrogens with zero attached hydrogens (tertiary/aromatic N) is 2. The molecule has 0 aliphatic heterocycles. The van der Waals surface area contributed by atoms with Crippen LogP contribution < -0.4 is 5.32 Å². The molecule has 8 heteroatoms. The molecule has 1 heterocycles. The van der Waals surface area contributed by atoms with Crippen LogP contribution in [-0.2, 0) is 24.1 Å². The van der Waals surface area contributed by atoms with E-state index in [4.69, 9.17) is 4.74 Å². The van der Waals surface area contributed by atoms with Crippen molar-refractivity contribution < 1.29 is 22.7 Å². The van der Waals surface area contributed by atoms with Crippen molar-refractivity contribution in [1.82, 2.24) is 9.47 Å². The molecule has 0 unspecified atom stereocenters. The molecule has 0 bridgehead atoms. The number of alkyl halides is 3. The largest absolute Gasteiger partial charge is 0.416 e. The number of ether oxygens (including phenoxy) is 1. The fraction of sp³-hybridized carbons (Fsp3) is 0.281. The van der Waals surface area contributed by atoms with E-state index >= 15 is 0 Å². The van der Waals surface area contributed by atoms with Gasteiger partial charge in [-0.05, 0) is 62.3 Å². The topological polar surface area (TPSA) is 46.5 Å². The highest BCUT2D eigenvalue weighted by molar-refractivity contribution is 6.06. The van der Waals surface area contributed by atoms with Crippen molar-refractivity contribution in [3.8, 4) is 11.3 Å². The summed E-state index contributed by atoms with van der Waals surface area (Å²) in [7, 11) is 2.06. The maximum atomic E-state index is 13.2. The number of carbonyl (C=O) groups is 1. The molecule has 210 valence electrons. The second kappa shape index (κ2) is 13.5. The van der Waals surface area contributed by atoms with Gasteiger partial charge in [-0.1, -0.05) is 66.7 Å². The number of hydrogen-bond acceptors (Lipinski definition) is 3. The first kappa shape index (κ1) is 29.1. The maximum absolute atomic E-state index is 13.2. The van der Waals surface area contributed by atoms with Crippen LogP contribution in [0.15, 0.2) is 91.0 Å². The van der Waals surface area contributed by atoms with Crippen LogP contribution >= 0.6 is 0 Å². The van der Waals surface area contributed by atoms with Crippen molar-refractivity contribution in [2.24, 2.45) is 0 Å². The van der Waals surface area contributed by atoms with Gasteiger partial charge < -0.3 is 19.5 Å². The summed E-state index contributed by atoms with van der Waals surface area (Å²) in [5.41, 5.74) is 3.49. The minimum Gasteiger partial charge on any atom is -0.375 e. The lowest BCUT2D eigenvalue weighted by molar-refractivity contribution is -0.137. The number of benzene rings is 3. The summed E-state index contributed by atoms with van der Waals surface area (Å²) in [6, 6.07) is 26.3. The van der Waals surface area contributed by atoms with Crippen LogP contribution in [0.2, 0.25) is 0 Å². The lowest BCUT2D eigenvalue weighted by Gasteiger charge is -2.18. The molecule has 40 heavy (non-hydrogen) atoms. The number of anilines is 1. The molecule has 0 fully saturated rings. The van der Waals surface area contributed by atoms with E-state index in [1.165, 1.54) is 12.1 Å². The lowest BCUT2D eigenvalue weighted by Crippen LogP contribution is -2.25. The predicted molar refractivity (Wildman–Crippen MR) is 152 cm³/mol. The van der Waals surface area contributed by atoms with Gasteiger partial charge in [-0.2, -0.15) is 13.2 Å². The van der Waals surface area contributed by atoms with Crippen molar-refractivity contribution in [3.63, 3.8) is 0 Å². The van der Waals surface area contributed by atoms with E-state index < -0.39 is 17.6 Å². The molecule has 0 aliphatic rings. The molecule has 0 aliphatic carbocycles. The minimum absolute atomic E-state index is 0.101. The zero-order valence-electron chi connectivity index (χ0n) is 22.7. The summed E-state index contributed by atoms with van der Waals surface area (Å²) in [4.78, 5) is 15.4. The first-order valence-corrected chi connectivity index (χ1v) is 13.3. The van der Waals surface area contributed by atoms with Gasteiger partial charge in [0.15, 0.2) is 0 Å². The van der Waals surface area contributed by atoms with Crippen molar-refractivity contribution in [2.45, 2.75) is 32.7 Å². The number of aromatic nitrogens is 1. The standard InChI is InChI=1S/C32H34F3N3O2/c1-24-29(31(39)36-28-16-9-15-27(21-28)32(33,34)35)22-30(26-13-7-4-8-14-26)38(24)18-10-17-37(2)19-20-40-23-25-11-5-3-6-12-25/h3-9,11-16,21-22H,10,17-20,23H2,1-2H3,(H,36,39). The first-order chi connectivity index (χ1) is 19.2. The van der Waals surface area contributed by atoms with Gasteiger partial charge in [-0.3, -0.25) is 4.79 Å². The second-order valence-corrected chi connectivity index (χ2v) is 9.77. The Hall–Kier alpha value is -3.88. The molecule has 0 spiro atoms.